The van der Waals surface area contributed by atoms with Gasteiger partial charge in [-0.3, -0.25) is 14.8 Å². The van der Waals surface area contributed by atoms with Crippen LogP contribution in [0.15, 0.2) is 55.1 Å². The lowest BCUT2D eigenvalue weighted by atomic mass is 10.0. The molecular formula is C20H20N6O2. The molecule has 0 unspecified atom stereocenters. The van der Waals surface area contributed by atoms with Gasteiger partial charge in [-0.15, -0.1) is 0 Å². The van der Waals surface area contributed by atoms with Crippen molar-refractivity contribution in [3.8, 4) is 11.3 Å². The number of amides is 1. The minimum Gasteiger partial charge on any atom is -0.391 e. The molecule has 3 aromatic rings. The molecule has 1 aromatic carbocycles. The summed E-state index contributed by atoms with van der Waals surface area (Å²) in [5.41, 5.74) is 8.19. The van der Waals surface area contributed by atoms with Gasteiger partial charge in [0.15, 0.2) is 0 Å². The van der Waals surface area contributed by atoms with E-state index in [9.17, 15) is 9.90 Å². The van der Waals surface area contributed by atoms with Crippen molar-refractivity contribution in [1.82, 2.24) is 24.8 Å². The van der Waals surface area contributed by atoms with Crippen LogP contribution in [-0.2, 0) is 6.42 Å². The van der Waals surface area contributed by atoms with Gasteiger partial charge < -0.3 is 15.7 Å². The summed E-state index contributed by atoms with van der Waals surface area (Å²) in [6.45, 7) is 0.678. The van der Waals surface area contributed by atoms with Gasteiger partial charge in [0.2, 0.25) is 5.95 Å². The van der Waals surface area contributed by atoms with E-state index in [0.717, 1.165) is 11.3 Å². The molecule has 0 spiro atoms. The third-order valence-electron chi connectivity index (χ3n) is 4.87. The number of nitrogens with two attached hydrogens (primary N) is 1. The van der Waals surface area contributed by atoms with Crippen molar-refractivity contribution in [3.05, 3.63) is 66.4 Å². The summed E-state index contributed by atoms with van der Waals surface area (Å²) in [6.07, 6.45) is 6.30. The Morgan fingerprint density at radius 2 is 1.96 bits per heavy atom. The zero-order valence-corrected chi connectivity index (χ0v) is 15.1. The summed E-state index contributed by atoms with van der Waals surface area (Å²) in [4.78, 5) is 31.4. The number of carbonyl (C=O) groups is 1. The highest BCUT2D eigenvalue weighted by molar-refractivity contribution is 6.00. The second-order valence-electron chi connectivity index (χ2n) is 6.79. The SMILES string of the molecule is Nc1ncc(C(=O)N2C[C@@H](Cc3cnccn3)[C@H](O)C2)c(-c2ccccc2)n1. The van der Waals surface area contributed by atoms with Gasteiger partial charge in [0.25, 0.3) is 5.91 Å². The number of carbonyl (C=O) groups excluding carboxylic acids is 1. The van der Waals surface area contributed by atoms with Crippen molar-refractivity contribution in [2.24, 2.45) is 5.92 Å². The number of nitrogens with zero attached hydrogens (tertiary/aromatic N) is 5. The average molecular weight is 376 g/mol. The number of β-amino-alcohol motifs (C(OH)–C–C–N with tert-alkyl or cyclic N) is 1. The van der Waals surface area contributed by atoms with Crippen LogP contribution in [0.1, 0.15) is 16.1 Å². The number of hydrogen-bond donors (Lipinski definition) is 2. The van der Waals surface area contributed by atoms with Crippen LogP contribution in [0.5, 0.6) is 0 Å². The molecule has 0 bridgehead atoms. The number of likely N-dealkylation sites (tertiary alicyclic amines) is 1. The van der Waals surface area contributed by atoms with Gasteiger partial charge in [-0.2, -0.15) is 0 Å². The number of aliphatic hydroxyl groups is 1. The Hall–Kier alpha value is -3.39. The zero-order chi connectivity index (χ0) is 19.5. The van der Waals surface area contributed by atoms with Crippen molar-refractivity contribution in [2.75, 3.05) is 18.8 Å². The first-order chi connectivity index (χ1) is 13.6. The summed E-state index contributed by atoms with van der Waals surface area (Å²) in [5, 5.41) is 10.5. The minimum absolute atomic E-state index is 0.101. The Balaban J connectivity index is 1.57. The molecule has 1 aliphatic heterocycles. The van der Waals surface area contributed by atoms with Gasteiger partial charge in [-0.05, 0) is 6.42 Å². The van der Waals surface area contributed by atoms with Gasteiger partial charge in [0, 0.05) is 49.4 Å². The maximum atomic E-state index is 13.2. The molecule has 3 heterocycles. The van der Waals surface area contributed by atoms with Crippen molar-refractivity contribution >= 4 is 11.9 Å². The Labute approximate surface area is 162 Å². The molecule has 8 nitrogen and oxygen atoms in total. The summed E-state index contributed by atoms with van der Waals surface area (Å²) in [6, 6.07) is 9.38. The standard InChI is InChI=1S/C20H20N6O2/c21-20-24-10-16(18(25-20)13-4-2-1-3-5-13)19(28)26-11-14(17(27)12-26)8-15-9-22-6-7-23-15/h1-7,9-10,14,17,27H,8,11-12H2,(H2,21,24,25)/t14-,17-/m1/s1. The Kier molecular flexibility index (Phi) is 4.94. The summed E-state index contributed by atoms with van der Waals surface area (Å²) in [7, 11) is 0. The van der Waals surface area contributed by atoms with Crippen LogP contribution in [0, 0.1) is 5.92 Å². The average Bonchev–Trinajstić information content (AvgIpc) is 3.09. The van der Waals surface area contributed by atoms with Gasteiger partial charge >= 0.3 is 0 Å². The first-order valence-electron chi connectivity index (χ1n) is 9.02. The molecule has 3 N–H and O–H groups in total. The second kappa shape index (κ2) is 7.69. The van der Waals surface area contributed by atoms with Gasteiger partial charge in [-0.1, -0.05) is 30.3 Å². The quantitative estimate of drug-likeness (QED) is 0.702. The van der Waals surface area contributed by atoms with E-state index in [2.05, 4.69) is 19.9 Å². The third kappa shape index (κ3) is 3.67. The topological polar surface area (TPSA) is 118 Å². The van der Waals surface area contributed by atoms with Gasteiger partial charge in [-0.25, -0.2) is 9.97 Å². The van der Waals surface area contributed by atoms with Crippen LogP contribution in [0.2, 0.25) is 0 Å². The molecule has 142 valence electrons. The maximum absolute atomic E-state index is 13.2. The number of aromatic nitrogens is 4. The molecule has 2 aromatic heterocycles. The van der Waals surface area contributed by atoms with Gasteiger partial charge in [0.1, 0.15) is 0 Å². The monoisotopic (exact) mass is 376 g/mol. The fourth-order valence-electron chi connectivity index (χ4n) is 3.46. The Morgan fingerprint density at radius 1 is 1.14 bits per heavy atom. The molecule has 28 heavy (non-hydrogen) atoms. The summed E-state index contributed by atoms with van der Waals surface area (Å²) < 4.78 is 0. The number of aliphatic hydroxyl groups excluding tert-OH is 1. The highest BCUT2D eigenvalue weighted by atomic mass is 16.3. The van der Waals surface area contributed by atoms with Crippen LogP contribution in [-0.4, -0.2) is 55.0 Å². The lowest BCUT2D eigenvalue weighted by Crippen LogP contribution is -2.30. The normalized spacial score (nSPS) is 19.0. The largest absolute Gasteiger partial charge is 0.391 e. The van der Waals surface area contributed by atoms with E-state index in [0.29, 0.717) is 24.2 Å². The molecule has 1 amide bonds. The van der Waals surface area contributed by atoms with Crippen molar-refractivity contribution in [1.29, 1.82) is 0 Å². The van der Waals surface area contributed by atoms with Crippen LogP contribution >= 0.6 is 0 Å². The number of benzene rings is 1. The molecule has 0 aliphatic carbocycles. The highest BCUT2D eigenvalue weighted by Gasteiger charge is 2.35. The van der Waals surface area contributed by atoms with Crippen LogP contribution < -0.4 is 5.73 Å². The smallest absolute Gasteiger partial charge is 0.257 e. The molecule has 1 aliphatic rings. The van der Waals surface area contributed by atoms with Crippen LogP contribution in [0.25, 0.3) is 11.3 Å². The van der Waals surface area contributed by atoms with Crippen LogP contribution in [0.3, 0.4) is 0 Å². The molecule has 4 rings (SSSR count). The van der Waals surface area contributed by atoms with Crippen molar-refractivity contribution < 1.29 is 9.90 Å². The maximum Gasteiger partial charge on any atom is 0.257 e. The first kappa shape index (κ1) is 18.0. The highest BCUT2D eigenvalue weighted by Crippen LogP contribution is 2.26. The minimum atomic E-state index is -0.624. The van der Waals surface area contributed by atoms with E-state index in [4.69, 9.17) is 5.73 Å². The molecule has 1 saturated heterocycles. The number of nitrogen functional groups attached to an aromatic ring is 1. The lowest BCUT2D eigenvalue weighted by molar-refractivity contribution is 0.0764. The van der Waals surface area contributed by atoms with E-state index >= 15 is 0 Å². The molecule has 8 heteroatoms. The molecule has 0 radical (unpaired) electrons. The molecule has 0 saturated carbocycles. The van der Waals surface area contributed by atoms with Crippen molar-refractivity contribution in [3.63, 3.8) is 0 Å². The van der Waals surface area contributed by atoms with E-state index in [1.54, 1.807) is 23.5 Å². The summed E-state index contributed by atoms with van der Waals surface area (Å²) in [5.74, 6) is -0.215. The lowest BCUT2D eigenvalue weighted by Gasteiger charge is -2.18. The Bertz CT molecular complexity index is 967. The Morgan fingerprint density at radius 3 is 2.71 bits per heavy atom. The van der Waals surface area contributed by atoms with Crippen LogP contribution in [0.4, 0.5) is 5.95 Å². The number of rotatable bonds is 4. The first-order valence-corrected chi connectivity index (χ1v) is 9.02. The fourth-order valence-corrected chi connectivity index (χ4v) is 3.46. The molecule has 1 fully saturated rings. The predicted octanol–water partition coefficient (Wildman–Crippen LogP) is 1.19. The zero-order valence-electron chi connectivity index (χ0n) is 15.1. The van der Waals surface area contributed by atoms with E-state index in [-0.39, 0.29) is 24.3 Å². The summed E-state index contributed by atoms with van der Waals surface area (Å²) >= 11 is 0. The second-order valence-corrected chi connectivity index (χ2v) is 6.79. The van der Waals surface area contributed by atoms with E-state index in [1.807, 2.05) is 30.3 Å². The fraction of sp³-hybridized carbons (Fsp3) is 0.250. The van der Waals surface area contributed by atoms with E-state index in [1.165, 1.54) is 6.20 Å². The van der Waals surface area contributed by atoms with E-state index < -0.39 is 6.10 Å². The third-order valence-corrected chi connectivity index (χ3v) is 4.87. The molecular weight excluding hydrogens is 356 g/mol. The van der Waals surface area contributed by atoms with Crippen molar-refractivity contribution in [2.45, 2.75) is 12.5 Å². The molecule has 2 atom stereocenters. The van der Waals surface area contributed by atoms with Gasteiger partial charge in [0.05, 0.1) is 23.1 Å². The predicted molar refractivity (Wildman–Crippen MR) is 103 cm³/mol. The number of hydrogen-bond acceptors (Lipinski definition) is 7. The number of anilines is 1.